The van der Waals surface area contributed by atoms with Gasteiger partial charge in [-0.3, -0.25) is 0 Å². The Kier molecular flexibility index (Phi) is 3.76. The summed E-state index contributed by atoms with van der Waals surface area (Å²) in [4.78, 5) is 0. The van der Waals surface area contributed by atoms with Crippen LogP contribution in [0.1, 0.15) is 18.7 Å². The Labute approximate surface area is 118 Å². The zero-order valence-electron chi connectivity index (χ0n) is 11.2. The first-order chi connectivity index (χ1) is 9.61. The molecular weight excluding hydrogens is 282 g/mol. The molecule has 1 fully saturated rings. The SMILES string of the molecule is O=S(=O)(N1CCC(CO)CC1)N1CCn2cnnc2C1. The lowest BCUT2D eigenvalue weighted by Gasteiger charge is -2.35. The van der Waals surface area contributed by atoms with Gasteiger partial charge in [-0.2, -0.15) is 17.0 Å². The summed E-state index contributed by atoms with van der Waals surface area (Å²) in [5.41, 5.74) is 0. The molecule has 3 rings (SSSR count). The van der Waals surface area contributed by atoms with Gasteiger partial charge in [0.25, 0.3) is 10.2 Å². The zero-order valence-corrected chi connectivity index (χ0v) is 12.0. The summed E-state index contributed by atoms with van der Waals surface area (Å²) in [6.07, 6.45) is 3.07. The third kappa shape index (κ3) is 2.46. The highest BCUT2D eigenvalue weighted by atomic mass is 32.2. The number of aromatic nitrogens is 3. The second-order valence-electron chi connectivity index (χ2n) is 5.31. The molecule has 8 nitrogen and oxygen atoms in total. The molecule has 0 atom stereocenters. The van der Waals surface area contributed by atoms with Gasteiger partial charge in [0.2, 0.25) is 0 Å². The summed E-state index contributed by atoms with van der Waals surface area (Å²) in [7, 11) is -3.43. The van der Waals surface area contributed by atoms with Crippen LogP contribution in [0.2, 0.25) is 0 Å². The van der Waals surface area contributed by atoms with Gasteiger partial charge in [0.1, 0.15) is 12.2 Å². The highest BCUT2D eigenvalue weighted by Crippen LogP contribution is 2.23. The van der Waals surface area contributed by atoms with Crippen LogP contribution in [0.4, 0.5) is 0 Å². The maximum atomic E-state index is 12.6. The van der Waals surface area contributed by atoms with E-state index in [-0.39, 0.29) is 19.1 Å². The predicted octanol–water partition coefficient (Wildman–Crippen LogP) is -0.957. The van der Waals surface area contributed by atoms with Crippen molar-refractivity contribution in [3.8, 4) is 0 Å². The Morgan fingerprint density at radius 3 is 2.65 bits per heavy atom. The van der Waals surface area contributed by atoms with E-state index in [1.54, 1.807) is 6.33 Å². The molecule has 0 amide bonds. The number of hydrogen-bond acceptors (Lipinski definition) is 5. The summed E-state index contributed by atoms with van der Waals surface area (Å²) >= 11 is 0. The molecule has 20 heavy (non-hydrogen) atoms. The maximum absolute atomic E-state index is 12.6. The lowest BCUT2D eigenvalue weighted by molar-refractivity contribution is 0.164. The number of piperidine rings is 1. The molecule has 3 heterocycles. The Morgan fingerprint density at radius 2 is 1.95 bits per heavy atom. The molecule has 0 unspecified atom stereocenters. The fourth-order valence-corrected chi connectivity index (χ4v) is 4.32. The lowest BCUT2D eigenvalue weighted by Crippen LogP contribution is -2.49. The average molecular weight is 301 g/mol. The van der Waals surface area contributed by atoms with Crippen molar-refractivity contribution < 1.29 is 13.5 Å². The molecule has 112 valence electrons. The van der Waals surface area contributed by atoms with Crippen molar-refractivity contribution in [3.63, 3.8) is 0 Å². The van der Waals surface area contributed by atoms with Gasteiger partial charge in [-0.15, -0.1) is 10.2 Å². The van der Waals surface area contributed by atoms with Crippen LogP contribution < -0.4 is 0 Å². The van der Waals surface area contributed by atoms with Crippen LogP contribution in [-0.2, 0) is 23.3 Å². The molecule has 1 aromatic rings. The van der Waals surface area contributed by atoms with E-state index in [1.165, 1.54) is 8.61 Å². The fourth-order valence-electron chi connectivity index (χ4n) is 2.73. The van der Waals surface area contributed by atoms with Crippen molar-refractivity contribution in [2.75, 3.05) is 26.2 Å². The number of rotatable bonds is 3. The standard InChI is InChI=1S/C11H19N5O3S/c17-8-10-1-3-15(4-2-10)20(18,19)16-6-5-14-9-12-13-11(14)7-16/h9-10,17H,1-8H2. The summed E-state index contributed by atoms with van der Waals surface area (Å²) in [5.74, 6) is 0.913. The first kappa shape index (κ1) is 13.9. The summed E-state index contributed by atoms with van der Waals surface area (Å²) in [6.45, 7) is 2.43. The number of nitrogens with zero attached hydrogens (tertiary/aromatic N) is 5. The molecule has 2 aliphatic rings. The molecule has 1 aromatic heterocycles. The van der Waals surface area contributed by atoms with Crippen molar-refractivity contribution in [2.24, 2.45) is 5.92 Å². The molecule has 0 radical (unpaired) electrons. The monoisotopic (exact) mass is 301 g/mol. The first-order valence-corrected chi connectivity index (χ1v) is 8.23. The molecule has 9 heteroatoms. The van der Waals surface area contributed by atoms with Crippen molar-refractivity contribution in [1.82, 2.24) is 23.4 Å². The van der Waals surface area contributed by atoms with Gasteiger partial charge in [0.15, 0.2) is 0 Å². The minimum absolute atomic E-state index is 0.140. The largest absolute Gasteiger partial charge is 0.396 e. The van der Waals surface area contributed by atoms with E-state index in [9.17, 15) is 8.42 Å². The Bertz CT molecular complexity index is 564. The highest BCUT2D eigenvalue weighted by Gasteiger charge is 2.35. The number of fused-ring (bicyclic) bond motifs is 1. The van der Waals surface area contributed by atoms with Gasteiger partial charge in [-0.1, -0.05) is 0 Å². The van der Waals surface area contributed by atoms with Crippen molar-refractivity contribution >= 4 is 10.2 Å². The van der Waals surface area contributed by atoms with Gasteiger partial charge < -0.3 is 9.67 Å². The van der Waals surface area contributed by atoms with Crippen LogP contribution in [0, 0.1) is 5.92 Å². The van der Waals surface area contributed by atoms with E-state index in [0.717, 1.165) is 12.8 Å². The number of aliphatic hydroxyl groups excluding tert-OH is 1. The summed E-state index contributed by atoms with van der Waals surface area (Å²) in [6, 6.07) is 0. The van der Waals surface area contributed by atoms with Crippen LogP contribution in [0.15, 0.2) is 6.33 Å². The van der Waals surface area contributed by atoms with E-state index in [2.05, 4.69) is 10.2 Å². The summed E-state index contributed by atoms with van der Waals surface area (Å²) < 4.78 is 30.1. The smallest absolute Gasteiger partial charge is 0.282 e. The van der Waals surface area contributed by atoms with Gasteiger partial charge in [-0.05, 0) is 18.8 Å². The molecule has 2 aliphatic heterocycles. The molecule has 0 spiro atoms. The Morgan fingerprint density at radius 1 is 1.20 bits per heavy atom. The quantitative estimate of drug-likeness (QED) is 0.776. The molecule has 1 N–H and O–H groups in total. The van der Waals surface area contributed by atoms with Gasteiger partial charge in [-0.25, -0.2) is 0 Å². The Balaban J connectivity index is 1.70. The molecule has 0 aromatic carbocycles. The van der Waals surface area contributed by atoms with E-state index in [0.29, 0.717) is 32.0 Å². The molecule has 0 saturated carbocycles. The van der Waals surface area contributed by atoms with Gasteiger partial charge in [0.05, 0.1) is 6.54 Å². The van der Waals surface area contributed by atoms with Crippen molar-refractivity contribution in [2.45, 2.75) is 25.9 Å². The van der Waals surface area contributed by atoms with E-state index < -0.39 is 10.2 Å². The summed E-state index contributed by atoms with van der Waals surface area (Å²) in [5, 5.41) is 16.9. The van der Waals surface area contributed by atoms with Crippen LogP contribution in [0.25, 0.3) is 0 Å². The van der Waals surface area contributed by atoms with E-state index >= 15 is 0 Å². The van der Waals surface area contributed by atoms with Crippen molar-refractivity contribution in [1.29, 1.82) is 0 Å². The van der Waals surface area contributed by atoms with Crippen LogP contribution in [-0.4, -0.2) is 63.1 Å². The van der Waals surface area contributed by atoms with E-state index in [1.807, 2.05) is 4.57 Å². The predicted molar refractivity (Wildman–Crippen MR) is 70.7 cm³/mol. The fraction of sp³-hybridized carbons (Fsp3) is 0.818. The highest BCUT2D eigenvalue weighted by molar-refractivity contribution is 7.86. The third-order valence-electron chi connectivity index (χ3n) is 4.09. The third-order valence-corrected chi connectivity index (χ3v) is 6.07. The van der Waals surface area contributed by atoms with Gasteiger partial charge >= 0.3 is 0 Å². The van der Waals surface area contributed by atoms with Crippen molar-refractivity contribution in [3.05, 3.63) is 12.2 Å². The first-order valence-electron chi connectivity index (χ1n) is 6.84. The Hall–Kier alpha value is -1.03. The zero-order chi connectivity index (χ0) is 14.2. The van der Waals surface area contributed by atoms with Crippen LogP contribution in [0.3, 0.4) is 0 Å². The number of aliphatic hydroxyl groups is 1. The average Bonchev–Trinajstić information content (AvgIpc) is 2.94. The van der Waals surface area contributed by atoms with E-state index in [4.69, 9.17) is 5.11 Å². The molecule has 0 bridgehead atoms. The lowest BCUT2D eigenvalue weighted by atomic mass is 10.00. The van der Waals surface area contributed by atoms with Gasteiger partial charge in [0, 0.05) is 32.8 Å². The van der Waals surface area contributed by atoms with Crippen LogP contribution in [0.5, 0.6) is 0 Å². The number of hydrogen-bond donors (Lipinski definition) is 1. The molecular formula is C11H19N5O3S. The second-order valence-corrected chi connectivity index (χ2v) is 7.24. The minimum Gasteiger partial charge on any atom is -0.396 e. The van der Waals surface area contributed by atoms with Crippen LogP contribution >= 0.6 is 0 Å². The minimum atomic E-state index is -3.43. The topological polar surface area (TPSA) is 91.6 Å². The maximum Gasteiger partial charge on any atom is 0.282 e. The molecule has 0 aliphatic carbocycles. The molecule has 1 saturated heterocycles. The normalized spacial score (nSPS) is 22.9. The second kappa shape index (κ2) is 5.40.